The summed E-state index contributed by atoms with van der Waals surface area (Å²) in [5.41, 5.74) is 5.66. The van der Waals surface area contributed by atoms with Crippen molar-refractivity contribution in [1.82, 2.24) is 4.98 Å². The maximum Gasteiger partial charge on any atom is 0.360 e. The first-order valence-electron chi connectivity index (χ1n) is 4.96. The predicted molar refractivity (Wildman–Crippen MR) is 66.7 cm³/mol. The Balaban J connectivity index is 2.56. The first-order chi connectivity index (χ1) is 8.43. The van der Waals surface area contributed by atoms with Crippen LogP contribution in [0.3, 0.4) is 0 Å². The Morgan fingerprint density at radius 3 is 2.89 bits per heavy atom. The molecule has 2 heterocycles. The normalized spacial score (nSPS) is 11.9. The van der Waals surface area contributed by atoms with Crippen LogP contribution in [0.4, 0.5) is 6.01 Å². The molecule has 0 aliphatic rings. The predicted octanol–water partition coefficient (Wildman–Crippen LogP) is 1.43. The van der Waals surface area contributed by atoms with E-state index in [1.165, 1.54) is 24.1 Å². The van der Waals surface area contributed by atoms with Crippen molar-refractivity contribution in [2.24, 2.45) is 0 Å². The van der Waals surface area contributed by atoms with E-state index in [0.29, 0.717) is 10.8 Å². The molecule has 18 heavy (non-hydrogen) atoms. The average molecular weight is 290 g/mol. The van der Waals surface area contributed by atoms with Gasteiger partial charge in [0.15, 0.2) is 16.5 Å². The summed E-state index contributed by atoms with van der Waals surface area (Å²) in [5.74, 6) is 0.688. The van der Waals surface area contributed by atoms with Gasteiger partial charge >= 0.3 is 7.60 Å². The zero-order valence-corrected chi connectivity index (χ0v) is 11.1. The molecule has 0 aliphatic heterocycles. The lowest BCUT2D eigenvalue weighted by Gasteiger charge is -2.02. The number of nitrogens with two attached hydrogens (primary N) is 1. The number of hydrogen-bond donors (Lipinski definition) is 3. The summed E-state index contributed by atoms with van der Waals surface area (Å²) in [6.07, 6.45) is 1.19. The van der Waals surface area contributed by atoms with Gasteiger partial charge < -0.3 is 24.4 Å². The zero-order valence-electron chi connectivity index (χ0n) is 9.36. The lowest BCUT2D eigenvalue weighted by Crippen LogP contribution is -2.04. The molecule has 0 fully saturated rings. The van der Waals surface area contributed by atoms with E-state index in [1.807, 2.05) is 6.92 Å². The minimum absolute atomic E-state index is 0.0141. The molecule has 7 nitrogen and oxygen atoms in total. The topological polar surface area (TPSA) is 123 Å². The van der Waals surface area contributed by atoms with Crippen LogP contribution in [0.5, 0.6) is 0 Å². The fourth-order valence-electron chi connectivity index (χ4n) is 1.40. The maximum absolute atomic E-state index is 11.3. The Morgan fingerprint density at radius 2 is 2.28 bits per heavy atom. The Kier molecular flexibility index (Phi) is 3.54. The lowest BCUT2D eigenvalue weighted by molar-refractivity contribution is 0.387. The summed E-state index contributed by atoms with van der Waals surface area (Å²) in [6.45, 7) is 1.90. The van der Waals surface area contributed by atoms with Gasteiger partial charge in [0.05, 0.1) is 6.26 Å². The molecule has 0 saturated heterocycles. The Hall–Kier alpha value is -1.21. The van der Waals surface area contributed by atoms with Crippen molar-refractivity contribution in [2.75, 3.05) is 11.5 Å². The van der Waals surface area contributed by atoms with Gasteiger partial charge in [0.2, 0.25) is 0 Å². The highest BCUT2D eigenvalue weighted by atomic mass is 32.2. The third kappa shape index (κ3) is 2.46. The standard InChI is InChI=1S/C9H11N2O5PS/c1-2-18-8-6(11-9(10)16-8)7-5(3-4-15-7)17(12,13)14/h3-4H,2H2,1H3,(H2,10,11)(H2,12,13,14). The summed E-state index contributed by atoms with van der Waals surface area (Å²) < 4.78 is 21.6. The molecular formula is C9H11N2O5PS. The SMILES string of the molecule is CCSc1oc(N)nc1-c1occc1P(=O)(O)O. The highest BCUT2D eigenvalue weighted by Gasteiger charge is 2.29. The first-order valence-corrected chi connectivity index (χ1v) is 7.56. The van der Waals surface area contributed by atoms with Crippen molar-refractivity contribution in [1.29, 1.82) is 0 Å². The molecule has 0 bridgehead atoms. The molecule has 2 aromatic heterocycles. The molecule has 9 heteroatoms. The Labute approximate surface area is 107 Å². The van der Waals surface area contributed by atoms with E-state index in [0.717, 1.165) is 0 Å². The quantitative estimate of drug-likeness (QED) is 0.571. The van der Waals surface area contributed by atoms with Crippen LogP contribution >= 0.6 is 19.4 Å². The van der Waals surface area contributed by atoms with Crippen molar-refractivity contribution in [3.05, 3.63) is 12.3 Å². The minimum Gasteiger partial charge on any atom is -0.462 e. The van der Waals surface area contributed by atoms with Gasteiger partial charge in [-0.05, 0) is 11.8 Å². The summed E-state index contributed by atoms with van der Waals surface area (Å²) in [4.78, 5) is 22.3. The van der Waals surface area contributed by atoms with Crippen molar-refractivity contribution >= 4 is 30.7 Å². The van der Waals surface area contributed by atoms with E-state index < -0.39 is 7.60 Å². The second-order valence-electron chi connectivity index (χ2n) is 3.30. The van der Waals surface area contributed by atoms with Crippen LogP contribution in [-0.2, 0) is 4.57 Å². The van der Waals surface area contributed by atoms with E-state index in [1.54, 1.807) is 0 Å². The number of aromatic nitrogens is 1. The number of thioether (sulfide) groups is 1. The Morgan fingerprint density at radius 1 is 1.56 bits per heavy atom. The molecule has 0 atom stereocenters. The van der Waals surface area contributed by atoms with Crippen LogP contribution in [0.25, 0.3) is 11.5 Å². The summed E-state index contributed by atoms with van der Waals surface area (Å²) in [7, 11) is -4.43. The number of hydrogen-bond acceptors (Lipinski definition) is 6. The summed E-state index contributed by atoms with van der Waals surface area (Å²) in [5, 5.41) is 0.147. The molecule has 0 radical (unpaired) electrons. The minimum atomic E-state index is -4.43. The number of furan rings is 1. The molecule has 4 N–H and O–H groups in total. The van der Waals surface area contributed by atoms with Crippen LogP contribution in [0.15, 0.2) is 26.3 Å². The van der Waals surface area contributed by atoms with Gasteiger partial charge in [-0.15, -0.1) is 0 Å². The molecule has 0 saturated carbocycles. The van der Waals surface area contributed by atoms with Crippen molar-refractivity contribution in [3.8, 4) is 11.5 Å². The number of rotatable bonds is 4. The largest absolute Gasteiger partial charge is 0.462 e. The Bertz CT molecular complexity index is 602. The summed E-state index contributed by atoms with van der Waals surface area (Å²) >= 11 is 1.32. The molecule has 0 spiro atoms. The van der Waals surface area contributed by atoms with Gasteiger partial charge in [-0.1, -0.05) is 18.7 Å². The van der Waals surface area contributed by atoms with Gasteiger partial charge in [-0.3, -0.25) is 4.57 Å². The van der Waals surface area contributed by atoms with Gasteiger partial charge in [0, 0.05) is 0 Å². The van der Waals surface area contributed by atoms with Gasteiger partial charge in [-0.2, -0.15) is 4.98 Å². The van der Waals surface area contributed by atoms with Gasteiger partial charge in [-0.25, -0.2) is 0 Å². The molecular weight excluding hydrogens is 279 g/mol. The average Bonchev–Trinajstić information content (AvgIpc) is 2.83. The van der Waals surface area contributed by atoms with Crippen molar-refractivity contribution in [2.45, 2.75) is 12.0 Å². The van der Waals surface area contributed by atoms with Crippen molar-refractivity contribution < 1.29 is 23.2 Å². The second kappa shape index (κ2) is 4.81. The van der Waals surface area contributed by atoms with Crippen molar-refractivity contribution in [3.63, 3.8) is 0 Å². The monoisotopic (exact) mass is 290 g/mol. The number of nitrogens with zero attached hydrogens (tertiary/aromatic N) is 1. The maximum atomic E-state index is 11.3. The number of oxazole rings is 1. The van der Waals surface area contributed by atoms with Gasteiger partial charge in [0.1, 0.15) is 5.30 Å². The molecule has 0 unspecified atom stereocenters. The summed E-state index contributed by atoms with van der Waals surface area (Å²) in [6, 6.07) is 1.13. The molecule has 2 rings (SSSR count). The van der Waals surface area contributed by atoms with Gasteiger partial charge in [0.25, 0.3) is 6.01 Å². The van der Waals surface area contributed by atoms with Crippen LogP contribution in [0.2, 0.25) is 0 Å². The molecule has 2 aromatic rings. The third-order valence-corrected chi connectivity index (χ3v) is 3.87. The van der Waals surface area contributed by atoms with Crippen LogP contribution in [0, 0.1) is 0 Å². The first kappa shape index (κ1) is 13.2. The van der Waals surface area contributed by atoms with E-state index in [9.17, 15) is 14.4 Å². The number of anilines is 1. The van der Waals surface area contributed by atoms with E-state index in [4.69, 9.17) is 14.6 Å². The highest BCUT2D eigenvalue weighted by Crippen LogP contribution is 2.41. The fraction of sp³-hybridized carbons (Fsp3) is 0.222. The van der Waals surface area contributed by atoms with Crippen LogP contribution < -0.4 is 11.0 Å². The number of nitrogen functional groups attached to an aromatic ring is 1. The second-order valence-corrected chi connectivity index (χ2v) is 6.11. The van der Waals surface area contributed by atoms with E-state index >= 15 is 0 Å². The highest BCUT2D eigenvalue weighted by molar-refractivity contribution is 7.99. The zero-order chi connectivity index (χ0) is 13.3. The molecule has 0 aromatic carbocycles. The van der Waals surface area contributed by atoms with Crippen LogP contribution in [0.1, 0.15) is 6.92 Å². The fourth-order valence-corrected chi connectivity index (χ4v) is 2.76. The van der Waals surface area contributed by atoms with E-state index in [2.05, 4.69) is 4.98 Å². The van der Waals surface area contributed by atoms with E-state index in [-0.39, 0.29) is 22.8 Å². The third-order valence-electron chi connectivity index (χ3n) is 2.06. The van der Waals surface area contributed by atoms with Crippen LogP contribution in [-0.4, -0.2) is 20.5 Å². The molecule has 0 aliphatic carbocycles. The molecule has 0 amide bonds. The molecule has 98 valence electrons. The smallest absolute Gasteiger partial charge is 0.360 e. The lowest BCUT2D eigenvalue weighted by atomic mass is 10.3.